The summed E-state index contributed by atoms with van der Waals surface area (Å²) in [5, 5.41) is 5.70. The van der Waals surface area contributed by atoms with E-state index in [-0.39, 0.29) is 18.4 Å². The molecule has 154 valence electrons. The molecule has 1 saturated heterocycles. The van der Waals surface area contributed by atoms with Crippen molar-refractivity contribution >= 4 is 11.8 Å². The molecule has 0 spiro atoms. The molecule has 1 aliphatic rings. The van der Waals surface area contributed by atoms with Gasteiger partial charge in [-0.15, -0.1) is 0 Å². The molecule has 1 aromatic carbocycles. The van der Waals surface area contributed by atoms with Crippen LogP contribution in [0.25, 0.3) is 0 Å². The van der Waals surface area contributed by atoms with Gasteiger partial charge in [0.1, 0.15) is 6.61 Å². The van der Waals surface area contributed by atoms with Crippen molar-refractivity contribution in [2.45, 2.75) is 32.5 Å². The third kappa shape index (κ3) is 4.65. The molecule has 2 atom stereocenters. The highest BCUT2D eigenvalue weighted by Gasteiger charge is 2.36. The smallest absolute Gasteiger partial charge is 0.251 e. The summed E-state index contributed by atoms with van der Waals surface area (Å²) in [6.45, 7) is 4.05. The van der Waals surface area contributed by atoms with E-state index < -0.39 is 12.1 Å². The Hall–Kier alpha value is -3.13. The van der Waals surface area contributed by atoms with Crippen molar-refractivity contribution in [3.05, 3.63) is 52.8 Å². The molecule has 1 aromatic heterocycles. The second kappa shape index (κ2) is 8.91. The predicted molar refractivity (Wildman–Crippen MR) is 106 cm³/mol. The van der Waals surface area contributed by atoms with Crippen molar-refractivity contribution in [2.75, 3.05) is 20.8 Å². The molecule has 8 heteroatoms. The van der Waals surface area contributed by atoms with Crippen molar-refractivity contribution in [1.29, 1.82) is 0 Å². The van der Waals surface area contributed by atoms with E-state index in [1.165, 1.54) is 7.11 Å². The van der Waals surface area contributed by atoms with Gasteiger partial charge in [0, 0.05) is 18.4 Å². The van der Waals surface area contributed by atoms with Gasteiger partial charge in [0.15, 0.2) is 17.6 Å². The number of rotatable bonds is 6. The maximum absolute atomic E-state index is 12.8. The fourth-order valence-electron chi connectivity index (χ4n) is 3.17. The number of carbonyl (C=O) groups is 2. The fraction of sp³-hybridized carbons (Fsp3) is 0.381. The molecule has 1 fully saturated rings. The van der Waals surface area contributed by atoms with E-state index in [0.29, 0.717) is 23.6 Å². The summed E-state index contributed by atoms with van der Waals surface area (Å²) in [7, 11) is 3.07. The maximum Gasteiger partial charge on any atom is 0.251 e. The van der Waals surface area contributed by atoms with Crippen molar-refractivity contribution in [1.82, 2.24) is 15.6 Å². The van der Waals surface area contributed by atoms with Crippen LogP contribution in [0, 0.1) is 13.8 Å². The summed E-state index contributed by atoms with van der Waals surface area (Å²) in [6, 6.07) is 6.57. The lowest BCUT2D eigenvalue weighted by molar-refractivity contribution is -0.148. The van der Waals surface area contributed by atoms with Crippen LogP contribution in [0.4, 0.5) is 0 Å². The SMILES string of the molecule is COc1ccc([C@H]2NC(=O)CO[C@@H]2C(=O)NCc2cnc(C)c(C)c2)cc1OC. The molecule has 2 aromatic rings. The van der Waals surface area contributed by atoms with Crippen LogP contribution in [0.5, 0.6) is 11.5 Å². The van der Waals surface area contributed by atoms with Crippen LogP contribution in [-0.2, 0) is 20.9 Å². The number of hydrogen-bond acceptors (Lipinski definition) is 6. The van der Waals surface area contributed by atoms with Crippen LogP contribution in [0.15, 0.2) is 30.5 Å². The third-order valence-corrected chi connectivity index (χ3v) is 4.90. The Morgan fingerprint density at radius 2 is 2.00 bits per heavy atom. The third-order valence-electron chi connectivity index (χ3n) is 4.90. The molecule has 2 amide bonds. The van der Waals surface area contributed by atoms with Gasteiger partial charge < -0.3 is 24.8 Å². The molecule has 0 unspecified atom stereocenters. The van der Waals surface area contributed by atoms with Gasteiger partial charge in [-0.25, -0.2) is 0 Å². The monoisotopic (exact) mass is 399 g/mol. The lowest BCUT2D eigenvalue weighted by atomic mass is 9.98. The predicted octanol–water partition coefficient (Wildman–Crippen LogP) is 1.59. The number of aryl methyl sites for hydroxylation is 2. The molecule has 0 bridgehead atoms. The average Bonchev–Trinajstić information content (AvgIpc) is 2.73. The number of carbonyl (C=O) groups excluding carboxylic acids is 2. The minimum absolute atomic E-state index is 0.174. The standard InChI is InChI=1S/C21H25N3O5/c1-12-7-14(9-22-13(12)2)10-23-21(26)20-19(24-18(25)11-29-20)15-5-6-16(27-3)17(8-15)28-4/h5-9,19-20H,10-11H2,1-4H3,(H,23,26)(H,24,25)/t19-,20+/m1/s1. The average molecular weight is 399 g/mol. The second-order valence-corrected chi connectivity index (χ2v) is 6.85. The topological polar surface area (TPSA) is 98.8 Å². The van der Waals surface area contributed by atoms with E-state index in [9.17, 15) is 9.59 Å². The van der Waals surface area contributed by atoms with Gasteiger partial charge in [-0.2, -0.15) is 0 Å². The summed E-state index contributed by atoms with van der Waals surface area (Å²) in [4.78, 5) is 29.0. The Morgan fingerprint density at radius 1 is 1.24 bits per heavy atom. The zero-order chi connectivity index (χ0) is 21.0. The molecule has 8 nitrogen and oxygen atoms in total. The first-order valence-electron chi connectivity index (χ1n) is 9.25. The fourth-order valence-corrected chi connectivity index (χ4v) is 3.17. The highest BCUT2D eigenvalue weighted by Crippen LogP contribution is 2.32. The van der Waals surface area contributed by atoms with Crippen molar-refractivity contribution < 1.29 is 23.8 Å². The van der Waals surface area contributed by atoms with Gasteiger partial charge in [0.05, 0.1) is 20.3 Å². The number of pyridine rings is 1. The summed E-state index contributed by atoms with van der Waals surface area (Å²) in [6.07, 6.45) is 0.864. The van der Waals surface area contributed by atoms with E-state index in [1.54, 1.807) is 31.5 Å². The minimum Gasteiger partial charge on any atom is -0.493 e. The Kier molecular flexibility index (Phi) is 6.33. The Balaban J connectivity index is 1.77. The zero-order valence-electron chi connectivity index (χ0n) is 16.9. The molecule has 1 aliphatic heterocycles. The highest BCUT2D eigenvalue weighted by atomic mass is 16.5. The number of benzene rings is 1. The summed E-state index contributed by atoms with van der Waals surface area (Å²) < 4.78 is 16.1. The number of amides is 2. The van der Waals surface area contributed by atoms with Crippen molar-refractivity contribution in [2.24, 2.45) is 0 Å². The minimum atomic E-state index is -0.870. The van der Waals surface area contributed by atoms with Gasteiger partial charge in [-0.1, -0.05) is 12.1 Å². The van der Waals surface area contributed by atoms with Crippen molar-refractivity contribution in [3.63, 3.8) is 0 Å². The van der Waals surface area contributed by atoms with Gasteiger partial charge in [-0.05, 0) is 42.7 Å². The lowest BCUT2D eigenvalue weighted by Gasteiger charge is -2.32. The summed E-state index contributed by atoms with van der Waals surface area (Å²) in [5.41, 5.74) is 3.58. The zero-order valence-corrected chi connectivity index (χ0v) is 16.9. The van der Waals surface area contributed by atoms with Crippen LogP contribution in [0.1, 0.15) is 28.4 Å². The van der Waals surface area contributed by atoms with Gasteiger partial charge >= 0.3 is 0 Å². The van der Waals surface area contributed by atoms with E-state index >= 15 is 0 Å². The van der Waals surface area contributed by atoms with Crippen LogP contribution in [0.2, 0.25) is 0 Å². The molecule has 29 heavy (non-hydrogen) atoms. The number of methoxy groups -OCH3 is 2. The summed E-state index contributed by atoms with van der Waals surface area (Å²) in [5.74, 6) is 0.461. The Morgan fingerprint density at radius 3 is 2.69 bits per heavy atom. The van der Waals surface area contributed by atoms with E-state index in [1.807, 2.05) is 19.9 Å². The number of hydrogen-bond donors (Lipinski definition) is 2. The Bertz CT molecular complexity index is 915. The molecule has 0 saturated carbocycles. The summed E-state index contributed by atoms with van der Waals surface area (Å²) >= 11 is 0. The van der Waals surface area contributed by atoms with E-state index in [4.69, 9.17) is 14.2 Å². The maximum atomic E-state index is 12.8. The van der Waals surface area contributed by atoms with Crippen LogP contribution in [-0.4, -0.2) is 43.7 Å². The molecule has 3 rings (SSSR count). The van der Waals surface area contributed by atoms with Crippen LogP contribution < -0.4 is 20.1 Å². The lowest BCUT2D eigenvalue weighted by Crippen LogP contribution is -2.52. The number of nitrogens with zero attached hydrogens (tertiary/aromatic N) is 1. The molecule has 0 radical (unpaired) electrons. The molecule has 2 heterocycles. The number of aromatic nitrogens is 1. The second-order valence-electron chi connectivity index (χ2n) is 6.85. The first kappa shape index (κ1) is 20.6. The highest BCUT2D eigenvalue weighted by molar-refractivity contribution is 5.86. The largest absolute Gasteiger partial charge is 0.493 e. The van der Waals surface area contributed by atoms with Gasteiger partial charge in [-0.3, -0.25) is 14.6 Å². The normalized spacial score (nSPS) is 18.7. The number of ether oxygens (including phenoxy) is 3. The van der Waals surface area contributed by atoms with Crippen molar-refractivity contribution in [3.8, 4) is 11.5 Å². The van der Waals surface area contributed by atoms with E-state index in [2.05, 4.69) is 15.6 Å². The molecular formula is C21H25N3O5. The van der Waals surface area contributed by atoms with Crippen LogP contribution >= 0.6 is 0 Å². The Labute approximate surface area is 169 Å². The first-order chi connectivity index (χ1) is 13.9. The number of nitrogens with one attached hydrogen (secondary N) is 2. The van der Waals surface area contributed by atoms with E-state index in [0.717, 1.165) is 16.8 Å². The van der Waals surface area contributed by atoms with Gasteiger partial charge in [0.25, 0.3) is 5.91 Å². The van der Waals surface area contributed by atoms with Crippen LogP contribution in [0.3, 0.4) is 0 Å². The number of morpholine rings is 1. The molecule has 2 N–H and O–H groups in total. The quantitative estimate of drug-likeness (QED) is 0.765. The first-order valence-corrected chi connectivity index (χ1v) is 9.25. The van der Waals surface area contributed by atoms with Gasteiger partial charge in [0.2, 0.25) is 5.91 Å². The molecular weight excluding hydrogens is 374 g/mol. The molecule has 0 aliphatic carbocycles.